The van der Waals surface area contributed by atoms with Gasteiger partial charge < -0.3 is 4.74 Å². The largest absolute Gasteiger partial charge is 0.383 e. The van der Waals surface area contributed by atoms with E-state index in [1.54, 1.807) is 6.07 Å². The highest BCUT2D eigenvalue weighted by Crippen LogP contribution is 2.31. The molecule has 2 heterocycles. The molecular formula is C11H16BrNO5S3. The number of nitrogens with zero attached hydrogens (tertiary/aromatic N) is 1. The molecule has 2 rings (SSSR count). The van der Waals surface area contributed by atoms with Gasteiger partial charge in [0.1, 0.15) is 4.21 Å². The summed E-state index contributed by atoms with van der Waals surface area (Å²) in [5.74, 6) is -0.0900. The van der Waals surface area contributed by atoms with Crippen molar-refractivity contribution >= 4 is 47.1 Å². The summed E-state index contributed by atoms with van der Waals surface area (Å²) in [6.07, 6.45) is 0.331. The monoisotopic (exact) mass is 417 g/mol. The fourth-order valence-electron chi connectivity index (χ4n) is 2.23. The van der Waals surface area contributed by atoms with E-state index >= 15 is 0 Å². The number of sulfonamides is 1. The van der Waals surface area contributed by atoms with Gasteiger partial charge in [-0.05, 0) is 34.5 Å². The summed E-state index contributed by atoms with van der Waals surface area (Å²) in [5.41, 5.74) is 0. The number of methoxy groups -OCH3 is 1. The predicted octanol–water partition coefficient (Wildman–Crippen LogP) is 1.33. The van der Waals surface area contributed by atoms with Crippen molar-refractivity contribution in [3.8, 4) is 0 Å². The Morgan fingerprint density at radius 1 is 1.48 bits per heavy atom. The van der Waals surface area contributed by atoms with Crippen LogP contribution in [0.25, 0.3) is 0 Å². The lowest BCUT2D eigenvalue weighted by atomic mass is 10.3. The number of hydrogen-bond acceptors (Lipinski definition) is 6. The zero-order valence-corrected chi connectivity index (χ0v) is 15.4. The van der Waals surface area contributed by atoms with Crippen LogP contribution in [0.3, 0.4) is 0 Å². The minimum Gasteiger partial charge on any atom is -0.383 e. The maximum atomic E-state index is 12.7. The number of ether oxygens (including phenoxy) is 1. The zero-order valence-electron chi connectivity index (χ0n) is 11.4. The molecule has 0 amide bonds. The lowest BCUT2D eigenvalue weighted by molar-refractivity contribution is 0.169. The van der Waals surface area contributed by atoms with E-state index in [9.17, 15) is 16.8 Å². The Hall–Kier alpha value is -0.0000000000000000833. The molecule has 0 saturated carbocycles. The van der Waals surface area contributed by atoms with Crippen LogP contribution in [0, 0.1) is 0 Å². The maximum absolute atomic E-state index is 12.7. The summed E-state index contributed by atoms with van der Waals surface area (Å²) < 4.78 is 55.8. The van der Waals surface area contributed by atoms with Gasteiger partial charge in [0.15, 0.2) is 9.84 Å². The first-order valence-corrected chi connectivity index (χ1v) is 11.1. The number of sulfone groups is 1. The third-order valence-corrected chi connectivity index (χ3v) is 9.04. The van der Waals surface area contributed by atoms with Crippen molar-refractivity contribution in [3.05, 3.63) is 15.9 Å². The molecule has 21 heavy (non-hydrogen) atoms. The lowest BCUT2D eigenvalue weighted by Crippen LogP contribution is -2.42. The molecule has 0 bridgehead atoms. The molecule has 0 spiro atoms. The Morgan fingerprint density at radius 2 is 2.19 bits per heavy atom. The fourth-order valence-corrected chi connectivity index (χ4v) is 7.84. The third kappa shape index (κ3) is 4.05. The van der Waals surface area contributed by atoms with E-state index < -0.39 is 25.9 Å². The third-order valence-electron chi connectivity index (χ3n) is 3.24. The van der Waals surface area contributed by atoms with Crippen molar-refractivity contribution in [2.24, 2.45) is 0 Å². The SMILES string of the molecule is COCCN(C1CCS(=O)(=O)C1)S(=O)(=O)c1ccc(Br)s1. The van der Waals surface area contributed by atoms with Crippen LogP contribution in [-0.2, 0) is 24.6 Å². The first kappa shape index (κ1) is 17.4. The summed E-state index contributed by atoms with van der Waals surface area (Å²) >= 11 is 4.35. The second-order valence-corrected chi connectivity index (χ2v) is 11.5. The Balaban J connectivity index is 2.31. The average molecular weight is 418 g/mol. The van der Waals surface area contributed by atoms with Gasteiger partial charge in [-0.2, -0.15) is 4.31 Å². The first-order chi connectivity index (χ1) is 9.76. The van der Waals surface area contributed by atoms with E-state index in [4.69, 9.17) is 4.74 Å². The average Bonchev–Trinajstić information content (AvgIpc) is 2.96. The minimum absolute atomic E-state index is 0.0325. The van der Waals surface area contributed by atoms with Crippen LogP contribution in [0.5, 0.6) is 0 Å². The smallest absolute Gasteiger partial charge is 0.252 e. The van der Waals surface area contributed by atoms with Crippen molar-refractivity contribution in [2.45, 2.75) is 16.7 Å². The number of rotatable bonds is 6. The summed E-state index contributed by atoms with van der Waals surface area (Å²) in [5, 5.41) is 0. The Labute approximate surface area is 137 Å². The molecule has 1 saturated heterocycles. The van der Waals surface area contributed by atoms with Crippen LogP contribution in [0.4, 0.5) is 0 Å². The van der Waals surface area contributed by atoms with E-state index in [-0.39, 0.29) is 28.9 Å². The first-order valence-electron chi connectivity index (χ1n) is 6.23. The standard InChI is InChI=1S/C11H16BrNO5S3/c1-18-6-5-13(9-4-7-20(14,15)8-9)21(16,17)11-3-2-10(12)19-11/h2-3,9H,4-8H2,1H3. The molecule has 0 N–H and O–H groups in total. The lowest BCUT2D eigenvalue weighted by Gasteiger charge is -2.26. The summed E-state index contributed by atoms with van der Waals surface area (Å²) in [7, 11) is -5.38. The van der Waals surface area contributed by atoms with E-state index in [0.29, 0.717) is 10.2 Å². The van der Waals surface area contributed by atoms with Crippen LogP contribution < -0.4 is 0 Å². The van der Waals surface area contributed by atoms with Gasteiger partial charge in [0.2, 0.25) is 0 Å². The molecule has 1 fully saturated rings. The van der Waals surface area contributed by atoms with Crippen molar-refractivity contribution < 1.29 is 21.6 Å². The van der Waals surface area contributed by atoms with Crippen molar-refractivity contribution in [1.29, 1.82) is 0 Å². The van der Waals surface area contributed by atoms with E-state index in [2.05, 4.69) is 15.9 Å². The van der Waals surface area contributed by atoms with E-state index in [0.717, 1.165) is 11.3 Å². The number of hydrogen-bond donors (Lipinski definition) is 0. The Kier molecular flexibility index (Phi) is 5.48. The maximum Gasteiger partial charge on any atom is 0.252 e. The molecular weight excluding hydrogens is 402 g/mol. The van der Waals surface area contributed by atoms with Gasteiger partial charge in [0.25, 0.3) is 10.0 Å². The van der Waals surface area contributed by atoms with Crippen LogP contribution >= 0.6 is 27.3 Å². The fraction of sp³-hybridized carbons (Fsp3) is 0.636. The van der Waals surface area contributed by atoms with Crippen molar-refractivity contribution in [1.82, 2.24) is 4.31 Å². The molecule has 10 heteroatoms. The molecule has 120 valence electrons. The molecule has 1 aromatic rings. The van der Waals surface area contributed by atoms with Crippen LogP contribution in [0.15, 0.2) is 20.1 Å². The van der Waals surface area contributed by atoms with Gasteiger partial charge in [-0.1, -0.05) is 0 Å². The van der Waals surface area contributed by atoms with Crippen LogP contribution in [-0.4, -0.2) is 58.9 Å². The van der Waals surface area contributed by atoms with Gasteiger partial charge in [-0.15, -0.1) is 11.3 Å². The summed E-state index contributed by atoms with van der Waals surface area (Å²) in [4.78, 5) is 0. The second kappa shape index (κ2) is 6.63. The second-order valence-electron chi connectivity index (χ2n) is 4.72. The minimum atomic E-state index is -3.71. The van der Waals surface area contributed by atoms with Crippen LogP contribution in [0.1, 0.15) is 6.42 Å². The Morgan fingerprint density at radius 3 is 2.67 bits per heavy atom. The molecule has 1 aliphatic heterocycles. The van der Waals surface area contributed by atoms with E-state index in [1.165, 1.54) is 17.5 Å². The molecule has 0 aliphatic carbocycles. The molecule has 0 radical (unpaired) electrons. The van der Waals surface area contributed by atoms with E-state index in [1.807, 2.05) is 0 Å². The number of halogens is 1. The molecule has 0 aromatic carbocycles. The summed E-state index contributed by atoms with van der Waals surface area (Å²) in [6, 6.07) is 2.67. The Bertz CT molecular complexity index is 697. The molecule has 6 nitrogen and oxygen atoms in total. The highest BCUT2D eigenvalue weighted by Gasteiger charge is 2.39. The van der Waals surface area contributed by atoms with Gasteiger partial charge in [0, 0.05) is 19.7 Å². The normalized spacial score (nSPS) is 22.0. The van der Waals surface area contributed by atoms with Gasteiger partial charge in [0.05, 0.1) is 21.9 Å². The molecule has 1 atom stereocenters. The van der Waals surface area contributed by atoms with Gasteiger partial charge >= 0.3 is 0 Å². The van der Waals surface area contributed by atoms with Crippen LogP contribution in [0.2, 0.25) is 0 Å². The van der Waals surface area contributed by atoms with Gasteiger partial charge in [-0.3, -0.25) is 0 Å². The zero-order chi connectivity index (χ0) is 15.7. The molecule has 1 aromatic heterocycles. The number of thiophene rings is 1. The molecule has 1 unspecified atom stereocenters. The highest BCUT2D eigenvalue weighted by molar-refractivity contribution is 9.11. The molecule has 1 aliphatic rings. The van der Waals surface area contributed by atoms with Crippen molar-refractivity contribution in [3.63, 3.8) is 0 Å². The highest BCUT2D eigenvalue weighted by atomic mass is 79.9. The van der Waals surface area contributed by atoms with Crippen molar-refractivity contribution in [2.75, 3.05) is 31.8 Å². The van der Waals surface area contributed by atoms with Gasteiger partial charge in [-0.25, -0.2) is 16.8 Å². The quantitative estimate of drug-likeness (QED) is 0.697. The predicted molar refractivity (Wildman–Crippen MR) is 84.8 cm³/mol. The summed E-state index contributed by atoms with van der Waals surface area (Å²) in [6.45, 7) is 0.372. The topological polar surface area (TPSA) is 80.8 Å².